The van der Waals surface area contributed by atoms with Gasteiger partial charge < -0.3 is 20.1 Å². The molecular weight excluding hydrogens is 256 g/mol. The van der Waals surface area contributed by atoms with Crippen LogP contribution in [0.1, 0.15) is 12.8 Å². The number of fused-ring (bicyclic) bond motifs is 1. The normalized spacial score (nSPS) is 26.9. The van der Waals surface area contributed by atoms with Gasteiger partial charge in [0.15, 0.2) is 11.5 Å². The highest BCUT2D eigenvalue weighted by atomic mass is 16.6. The molecule has 2 aliphatic heterocycles. The molecule has 0 bridgehead atoms. The van der Waals surface area contributed by atoms with Gasteiger partial charge in [-0.2, -0.15) is 0 Å². The minimum absolute atomic E-state index is 0.0128. The topological polar surface area (TPSA) is 64.8 Å². The Labute approximate surface area is 117 Å². The third-order valence-electron chi connectivity index (χ3n) is 4.46. The van der Waals surface area contributed by atoms with Gasteiger partial charge in [-0.3, -0.25) is 4.79 Å². The molecule has 1 aromatic rings. The zero-order chi connectivity index (χ0) is 13.7. The van der Waals surface area contributed by atoms with Gasteiger partial charge >= 0.3 is 0 Å². The molecular formula is C15H18N2O3. The van der Waals surface area contributed by atoms with Gasteiger partial charge in [0.2, 0.25) is 6.10 Å². The number of carbonyl (C=O) groups is 1. The van der Waals surface area contributed by atoms with Gasteiger partial charge in [0.1, 0.15) is 6.61 Å². The molecule has 2 fully saturated rings. The zero-order valence-corrected chi connectivity index (χ0v) is 11.2. The molecule has 106 valence electrons. The number of hydrogen-bond donors (Lipinski definition) is 1. The number of amides is 1. The molecule has 1 saturated heterocycles. The Bertz CT molecular complexity index is 550. The van der Waals surface area contributed by atoms with Crippen LogP contribution >= 0.6 is 0 Å². The molecule has 0 radical (unpaired) electrons. The molecule has 0 spiro atoms. The van der Waals surface area contributed by atoms with E-state index in [1.807, 2.05) is 24.3 Å². The summed E-state index contributed by atoms with van der Waals surface area (Å²) in [4.78, 5) is 14.2. The molecule has 20 heavy (non-hydrogen) atoms. The van der Waals surface area contributed by atoms with Crippen LogP contribution < -0.4 is 15.2 Å². The predicted octanol–water partition coefficient (Wildman–Crippen LogP) is 0.776. The van der Waals surface area contributed by atoms with Crippen LogP contribution in [0.5, 0.6) is 11.5 Å². The predicted molar refractivity (Wildman–Crippen MR) is 72.6 cm³/mol. The molecule has 2 heterocycles. The second kappa shape index (κ2) is 4.12. The van der Waals surface area contributed by atoms with E-state index < -0.39 is 6.10 Å². The third-order valence-corrected chi connectivity index (χ3v) is 4.46. The summed E-state index contributed by atoms with van der Waals surface area (Å²) in [6.07, 6.45) is 1.86. The highest BCUT2D eigenvalue weighted by Crippen LogP contribution is 2.43. The molecule has 1 unspecified atom stereocenters. The van der Waals surface area contributed by atoms with E-state index in [-0.39, 0.29) is 18.1 Å². The van der Waals surface area contributed by atoms with Crippen molar-refractivity contribution in [2.24, 2.45) is 11.7 Å². The van der Waals surface area contributed by atoms with Crippen LogP contribution in [0, 0.1) is 5.92 Å². The van der Waals surface area contributed by atoms with E-state index in [0.717, 1.165) is 0 Å². The zero-order valence-electron chi connectivity index (χ0n) is 11.2. The lowest BCUT2D eigenvalue weighted by Crippen LogP contribution is -2.71. The molecule has 1 aliphatic carbocycles. The summed E-state index contributed by atoms with van der Waals surface area (Å²) in [5, 5.41) is 0. The van der Waals surface area contributed by atoms with Crippen LogP contribution in [0.3, 0.4) is 0 Å². The second-order valence-electron chi connectivity index (χ2n) is 6.07. The first-order chi connectivity index (χ1) is 9.66. The average molecular weight is 274 g/mol. The van der Waals surface area contributed by atoms with Crippen LogP contribution in [-0.4, -0.2) is 42.1 Å². The number of likely N-dealkylation sites (tertiary alicyclic amines) is 1. The Hall–Kier alpha value is -1.75. The fraction of sp³-hybridized carbons (Fsp3) is 0.533. The van der Waals surface area contributed by atoms with Crippen molar-refractivity contribution >= 4 is 5.91 Å². The minimum atomic E-state index is -0.548. The largest absolute Gasteiger partial charge is 0.485 e. The first-order valence-corrected chi connectivity index (χ1v) is 7.12. The molecule has 1 atom stereocenters. The van der Waals surface area contributed by atoms with Crippen molar-refractivity contribution in [3.05, 3.63) is 24.3 Å². The van der Waals surface area contributed by atoms with Crippen molar-refractivity contribution in [1.29, 1.82) is 0 Å². The van der Waals surface area contributed by atoms with Crippen molar-refractivity contribution in [2.45, 2.75) is 24.5 Å². The lowest BCUT2D eigenvalue weighted by Gasteiger charge is -2.49. The van der Waals surface area contributed by atoms with Crippen LogP contribution in [0.2, 0.25) is 0 Å². The Kier molecular flexibility index (Phi) is 2.48. The van der Waals surface area contributed by atoms with Crippen molar-refractivity contribution in [3.63, 3.8) is 0 Å². The molecule has 3 aliphatic rings. The van der Waals surface area contributed by atoms with Crippen LogP contribution in [0.25, 0.3) is 0 Å². The fourth-order valence-electron chi connectivity index (χ4n) is 3.08. The maximum absolute atomic E-state index is 12.4. The fourth-order valence-corrected chi connectivity index (χ4v) is 3.08. The monoisotopic (exact) mass is 274 g/mol. The van der Waals surface area contributed by atoms with E-state index >= 15 is 0 Å². The number of rotatable bonds is 2. The number of carbonyl (C=O) groups excluding carboxylic acids is 1. The van der Waals surface area contributed by atoms with E-state index in [2.05, 4.69) is 0 Å². The summed E-state index contributed by atoms with van der Waals surface area (Å²) < 4.78 is 11.3. The number of benzene rings is 1. The van der Waals surface area contributed by atoms with Gasteiger partial charge in [-0.05, 0) is 30.9 Å². The average Bonchev–Trinajstić information content (AvgIpc) is 3.27. The third kappa shape index (κ3) is 1.85. The Morgan fingerprint density at radius 1 is 1.25 bits per heavy atom. The molecule has 5 nitrogen and oxygen atoms in total. The number of para-hydroxylation sites is 2. The van der Waals surface area contributed by atoms with Gasteiger partial charge in [-0.25, -0.2) is 0 Å². The van der Waals surface area contributed by atoms with E-state index in [4.69, 9.17) is 15.2 Å². The van der Waals surface area contributed by atoms with Gasteiger partial charge in [0.25, 0.3) is 5.91 Å². The van der Waals surface area contributed by atoms with E-state index in [9.17, 15) is 4.79 Å². The van der Waals surface area contributed by atoms with E-state index in [0.29, 0.717) is 30.5 Å². The van der Waals surface area contributed by atoms with E-state index in [1.165, 1.54) is 12.8 Å². The molecule has 5 heteroatoms. The van der Waals surface area contributed by atoms with Crippen LogP contribution in [0.15, 0.2) is 24.3 Å². The van der Waals surface area contributed by atoms with Crippen LogP contribution in [0.4, 0.5) is 0 Å². The van der Waals surface area contributed by atoms with Gasteiger partial charge in [-0.1, -0.05) is 12.1 Å². The Morgan fingerprint density at radius 3 is 2.65 bits per heavy atom. The minimum Gasteiger partial charge on any atom is -0.485 e. The molecule has 1 saturated carbocycles. The Balaban J connectivity index is 1.41. The Morgan fingerprint density at radius 2 is 1.95 bits per heavy atom. The molecule has 4 rings (SSSR count). The van der Waals surface area contributed by atoms with Crippen molar-refractivity contribution in [1.82, 2.24) is 4.90 Å². The summed E-state index contributed by atoms with van der Waals surface area (Å²) >= 11 is 0. The van der Waals surface area contributed by atoms with Crippen LogP contribution in [-0.2, 0) is 4.79 Å². The molecule has 0 aromatic heterocycles. The number of nitrogens with two attached hydrogens (primary N) is 1. The highest BCUT2D eigenvalue weighted by molar-refractivity contribution is 5.83. The van der Waals surface area contributed by atoms with Gasteiger partial charge in [0, 0.05) is 13.1 Å². The molecule has 2 N–H and O–H groups in total. The summed E-state index contributed by atoms with van der Waals surface area (Å²) in [7, 11) is 0. The summed E-state index contributed by atoms with van der Waals surface area (Å²) in [6, 6.07) is 7.43. The maximum Gasteiger partial charge on any atom is 0.267 e. The summed E-state index contributed by atoms with van der Waals surface area (Å²) in [5.41, 5.74) is 6.13. The lowest BCUT2D eigenvalue weighted by atomic mass is 9.85. The first kappa shape index (κ1) is 12.0. The van der Waals surface area contributed by atoms with Crippen molar-refractivity contribution in [2.75, 3.05) is 19.7 Å². The van der Waals surface area contributed by atoms with Gasteiger partial charge in [-0.15, -0.1) is 0 Å². The van der Waals surface area contributed by atoms with Crippen molar-refractivity contribution < 1.29 is 14.3 Å². The lowest BCUT2D eigenvalue weighted by molar-refractivity contribution is -0.149. The number of ether oxygens (including phenoxy) is 2. The first-order valence-electron chi connectivity index (χ1n) is 7.12. The van der Waals surface area contributed by atoms with Crippen molar-refractivity contribution in [3.8, 4) is 11.5 Å². The standard InChI is InChI=1S/C15H18N2O3/c16-15(10-5-6-10)8-17(9-15)14(18)13-7-19-11-3-1-2-4-12(11)20-13/h1-4,10,13H,5-9,16H2. The quantitative estimate of drug-likeness (QED) is 0.865. The smallest absolute Gasteiger partial charge is 0.267 e. The second-order valence-corrected chi connectivity index (χ2v) is 6.07. The molecule has 1 aromatic carbocycles. The summed E-state index contributed by atoms with van der Waals surface area (Å²) in [6.45, 7) is 1.57. The van der Waals surface area contributed by atoms with Gasteiger partial charge in [0.05, 0.1) is 5.54 Å². The SMILES string of the molecule is NC1(C2CC2)CN(C(=O)C2COc3ccccc3O2)C1. The van der Waals surface area contributed by atoms with E-state index in [1.54, 1.807) is 4.90 Å². The highest BCUT2D eigenvalue weighted by Gasteiger charge is 2.52. The number of nitrogens with zero attached hydrogens (tertiary/aromatic N) is 1. The number of hydrogen-bond acceptors (Lipinski definition) is 4. The maximum atomic E-state index is 12.4. The summed E-state index contributed by atoms with van der Waals surface area (Å²) in [5.74, 6) is 1.93. The molecule has 1 amide bonds.